The summed E-state index contributed by atoms with van der Waals surface area (Å²) in [5.41, 5.74) is -1.96. The quantitative estimate of drug-likeness (QED) is 0.413. The van der Waals surface area contributed by atoms with Crippen LogP contribution in [0.5, 0.6) is 11.8 Å². The molecule has 1 saturated heterocycles. The highest BCUT2D eigenvalue weighted by Crippen LogP contribution is 2.65. The van der Waals surface area contributed by atoms with E-state index in [4.69, 9.17) is 10.00 Å². The number of hydrogen-bond donors (Lipinski definition) is 2. The fourth-order valence-corrected chi connectivity index (χ4v) is 5.71. The van der Waals surface area contributed by atoms with Crippen LogP contribution in [-0.2, 0) is 28.7 Å². The third-order valence-electron chi connectivity index (χ3n) is 7.48. The second kappa shape index (κ2) is 8.50. The molecule has 1 aromatic heterocycles. The number of fused-ring (bicyclic) bond motifs is 5. The predicted octanol–water partition coefficient (Wildman–Crippen LogP) is 5.67. The van der Waals surface area contributed by atoms with Crippen LogP contribution in [-0.4, -0.2) is 33.3 Å². The van der Waals surface area contributed by atoms with Gasteiger partial charge in [-0.15, -0.1) is 0 Å². The second-order valence-electron chi connectivity index (χ2n) is 10.0. The van der Waals surface area contributed by atoms with E-state index < -0.39 is 28.5 Å². The lowest BCUT2D eigenvalue weighted by Crippen LogP contribution is -2.30. The molecule has 10 heteroatoms. The van der Waals surface area contributed by atoms with Crippen molar-refractivity contribution in [1.29, 1.82) is 5.26 Å². The van der Waals surface area contributed by atoms with Gasteiger partial charge in [0.05, 0.1) is 39.6 Å². The molecule has 2 N–H and O–H groups in total. The Morgan fingerprint density at radius 1 is 1.08 bits per heavy atom. The molecule has 5 rings (SSSR count). The second-order valence-corrected chi connectivity index (χ2v) is 10.0. The smallest absolute Gasteiger partial charge is 0.417 e. The van der Waals surface area contributed by atoms with Crippen molar-refractivity contribution in [3.05, 3.63) is 76.1 Å². The first-order valence-corrected chi connectivity index (χ1v) is 11.8. The van der Waals surface area contributed by atoms with Crippen LogP contribution in [0.3, 0.4) is 0 Å². The Hall–Kier alpha value is -3.55. The summed E-state index contributed by atoms with van der Waals surface area (Å²) < 4.78 is 61.3. The van der Waals surface area contributed by atoms with Crippen LogP contribution in [0.25, 0.3) is 5.69 Å². The Morgan fingerprint density at radius 2 is 1.76 bits per heavy atom. The van der Waals surface area contributed by atoms with Gasteiger partial charge in [0.25, 0.3) is 0 Å². The number of aromatic hydroxyl groups is 2. The average Bonchev–Trinajstić information content (AvgIpc) is 3.43. The zero-order chi connectivity index (χ0) is 26.8. The van der Waals surface area contributed by atoms with Gasteiger partial charge in [0.2, 0.25) is 11.8 Å². The molecule has 0 unspecified atom stereocenters. The largest absolute Gasteiger partial charge is 0.494 e. The predicted molar refractivity (Wildman–Crippen MR) is 126 cm³/mol. The molecule has 0 amide bonds. The van der Waals surface area contributed by atoms with E-state index in [9.17, 15) is 27.8 Å². The summed E-state index contributed by atoms with van der Waals surface area (Å²) >= 11 is 0. The van der Waals surface area contributed by atoms with Crippen LogP contribution >= 0.6 is 0 Å². The van der Waals surface area contributed by atoms with Gasteiger partial charge in [-0.3, -0.25) is 4.57 Å². The molecule has 2 aromatic carbocycles. The van der Waals surface area contributed by atoms with Crippen molar-refractivity contribution in [2.45, 2.75) is 50.1 Å². The van der Waals surface area contributed by atoms with E-state index in [-0.39, 0.29) is 23.3 Å². The van der Waals surface area contributed by atoms with Gasteiger partial charge in [0.1, 0.15) is 11.4 Å². The normalized spacial score (nSPS) is 22.4. The van der Waals surface area contributed by atoms with E-state index >= 15 is 0 Å². The number of nitrogens with zero attached hydrogens (tertiary/aromatic N) is 3. The molecule has 0 saturated carbocycles. The molecule has 2 atom stereocenters. The Bertz CT molecular complexity index is 1410. The van der Waals surface area contributed by atoms with Crippen LogP contribution in [0.4, 0.5) is 17.6 Å². The van der Waals surface area contributed by atoms with E-state index in [1.165, 1.54) is 24.3 Å². The van der Waals surface area contributed by atoms with Crippen molar-refractivity contribution in [3.63, 3.8) is 0 Å². The average molecular weight is 516 g/mol. The SMILES string of the molecule is CN(CC[C@@]12CC[C@@](C)(O1)c1c2c(O)n(-c2ccc(C#N)c(C(F)(F)F)c2)c1O)Cc1ccc(F)cc1. The number of halogens is 4. The molecule has 3 aromatic rings. The highest BCUT2D eigenvalue weighted by molar-refractivity contribution is 5.62. The number of alkyl halides is 3. The molecule has 1 fully saturated rings. The van der Waals surface area contributed by atoms with Crippen LogP contribution in [0, 0.1) is 17.1 Å². The lowest BCUT2D eigenvalue weighted by Gasteiger charge is -2.29. The summed E-state index contributed by atoms with van der Waals surface area (Å²) in [6.07, 6.45) is -3.18. The summed E-state index contributed by atoms with van der Waals surface area (Å²) in [6.45, 7) is 2.91. The highest BCUT2D eigenvalue weighted by Gasteiger charge is 2.61. The first-order valence-electron chi connectivity index (χ1n) is 11.8. The van der Waals surface area contributed by atoms with Gasteiger partial charge in [-0.2, -0.15) is 18.4 Å². The summed E-state index contributed by atoms with van der Waals surface area (Å²) in [5, 5.41) is 31.5. The molecule has 2 bridgehead atoms. The van der Waals surface area contributed by atoms with Crippen LogP contribution in [0.15, 0.2) is 42.5 Å². The molecular weight excluding hydrogens is 490 g/mol. The lowest BCUT2D eigenvalue weighted by molar-refractivity contribution is -0.137. The molecule has 3 heterocycles. The Morgan fingerprint density at radius 3 is 2.41 bits per heavy atom. The minimum Gasteiger partial charge on any atom is -0.494 e. The Labute approximate surface area is 210 Å². The van der Waals surface area contributed by atoms with Crippen molar-refractivity contribution in [2.24, 2.45) is 0 Å². The lowest BCUT2D eigenvalue weighted by atomic mass is 9.77. The van der Waals surface area contributed by atoms with Gasteiger partial charge in [0.15, 0.2) is 0 Å². The van der Waals surface area contributed by atoms with Gasteiger partial charge >= 0.3 is 6.18 Å². The molecule has 0 radical (unpaired) electrons. The standard InChI is InChI=1S/C27H25F4N3O3/c1-25-9-10-26(37-25,11-12-33(2)15-16-3-6-18(28)7-4-16)22-21(25)23(35)34(24(22)36)19-8-5-17(14-32)20(13-19)27(29,30)31/h3-8,13,35-36H,9-12,15H2,1-2H3/t25-,26-/m1/s1. The maximum atomic E-state index is 13.6. The van der Waals surface area contributed by atoms with Crippen LogP contribution in [0.2, 0.25) is 0 Å². The van der Waals surface area contributed by atoms with Crippen molar-refractivity contribution in [3.8, 4) is 23.5 Å². The topological polar surface area (TPSA) is 81.7 Å². The summed E-state index contributed by atoms with van der Waals surface area (Å²) in [7, 11) is 1.90. The van der Waals surface area contributed by atoms with Crippen molar-refractivity contribution in [1.82, 2.24) is 9.47 Å². The van der Waals surface area contributed by atoms with Crippen molar-refractivity contribution in [2.75, 3.05) is 13.6 Å². The maximum Gasteiger partial charge on any atom is 0.417 e. The van der Waals surface area contributed by atoms with Crippen molar-refractivity contribution >= 4 is 0 Å². The monoisotopic (exact) mass is 515 g/mol. The molecule has 37 heavy (non-hydrogen) atoms. The molecule has 0 spiro atoms. The maximum absolute atomic E-state index is 13.6. The minimum atomic E-state index is -4.79. The van der Waals surface area contributed by atoms with E-state index in [2.05, 4.69) is 0 Å². The Kier molecular flexibility index (Phi) is 5.77. The van der Waals surface area contributed by atoms with Gasteiger partial charge in [-0.1, -0.05) is 12.1 Å². The first-order chi connectivity index (χ1) is 17.4. The minimum absolute atomic E-state index is 0.109. The molecule has 0 aliphatic carbocycles. The van der Waals surface area contributed by atoms with E-state index in [0.29, 0.717) is 43.5 Å². The Balaban J connectivity index is 1.49. The number of hydrogen-bond acceptors (Lipinski definition) is 5. The third kappa shape index (κ3) is 4.03. The van der Waals surface area contributed by atoms with E-state index in [0.717, 1.165) is 22.3 Å². The number of aromatic nitrogens is 1. The van der Waals surface area contributed by atoms with Gasteiger partial charge in [-0.25, -0.2) is 4.39 Å². The molecule has 194 valence electrons. The van der Waals surface area contributed by atoms with Gasteiger partial charge in [-0.05, 0) is 69.1 Å². The summed E-state index contributed by atoms with van der Waals surface area (Å²) in [5.74, 6) is -1.07. The first kappa shape index (κ1) is 25.1. The number of nitriles is 1. The fourth-order valence-electron chi connectivity index (χ4n) is 5.71. The van der Waals surface area contributed by atoms with E-state index in [1.54, 1.807) is 19.1 Å². The molecule has 6 nitrogen and oxygen atoms in total. The molecule has 2 aliphatic rings. The zero-order valence-corrected chi connectivity index (χ0v) is 20.2. The van der Waals surface area contributed by atoms with E-state index in [1.807, 2.05) is 11.9 Å². The third-order valence-corrected chi connectivity index (χ3v) is 7.48. The number of rotatable bonds is 6. The number of benzene rings is 2. The summed E-state index contributed by atoms with van der Waals surface area (Å²) in [6, 6.07) is 10.8. The zero-order valence-electron chi connectivity index (χ0n) is 20.2. The molecular formula is C27H25F4N3O3. The van der Waals surface area contributed by atoms with Crippen LogP contribution in [0.1, 0.15) is 54.0 Å². The fraction of sp³-hybridized carbons (Fsp3) is 0.370. The van der Waals surface area contributed by atoms with Gasteiger partial charge in [0, 0.05) is 13.1 Å². The van der Waals surface area contributed by atoms with Crippen molar-refractivity contribution < 1.29 is 32.5 Å². The summed E-state index contributed by atoms with van der Waals surface area (Å²) in [4.78, 5) is 2.03. The van der Waals surface area contributed by atoms with Crippen LogP contribution < -0.4 is 0 Å². The van der Waals surface area contributed by atoms with Gasteiger partial charge < -0.3 is 19.8 Å². The highest BCUT2D eigenvalue weighted by atomic mass is 19.4. The molecule has 2 aliphatic heterocycles. The number of ether oxygens (including phenoxy) is 1.